The molecule has 0 spiro atoms. The first-order valence-corrected chi connectivity index (χ1v) is 7.21. The molecular formula is C14H15N7O3. The van der Waals surface area contributed by atoms with Gasteiger partial charge < -0.3 is 9.26 Å². The van der Waals surface area contributed by atoms with Gasteiger partial charge in [0.25, 0.3) is 11.9 Å². The Hall–Kier alpha value is -3.30. The molecule has 3 rings (SSSR count). The molecule has 24 heavy (non-hydrogen) atoms. The summed E-state index contributed by atoms with van der Waals surface area (Å²) in [5.74, 6) is 0.845. The monoisotopic (exact) mass is 329 g/mol. The van der Waals surface area contributed by atoms with E-state index in [-0.39, 0.29) is 24.4 Å². The summed E-state index contributed by atoms with van der Waals surface area (Å²) < 4.78 is 11.9. The van der Waals surface area contributed by atoms with Gasteiger partial charge in [-0.25, -0.2) is 4.68 Å². The van der Waals surface area contributed by atoms with Crippen molar-refractivity contribution >= 4 is 11.9 Å². The molecule has 2 aromatic heterocycles. The Morgan fingerprint density at radius 1 is 1.33 bits per heavy atom. The van der Waals surface area contributed by atoms with Crippen LogP contribution in [0.1, 0.15) is 25.7 Å². The van der Waals surface area contributed by atoms with Gasteiger partial charge in [-0.15, -0.1) is 5.10 Å². The molecule has 124 valence electrons. The molecule has 1 amide bonds. The lowest BCUT2D eigenvalue weighted by molar-refractivity contribution is -0.118. The van der Waals surface area contributed by atoms with E-state index >= 15 is 0 Å². The third-order valence-electron chi connectivity index (χ3n) is 3.01. The molecule has 0 aliphatic rings. The van der Waals surface area contributed by atoms with Gasteiger partial charge in [0.15, 0.2) is 6.61 Å². The van der Waals surface area contributed by atoms with Crippen LogP contribution in [0.3, 0.4) is 0 Å². The third kappa shape index (κ3) is 3.72. The highest BCUT2D eigenvalue weighted by Crippen LogP contribution is 2.15. The van der Waals surface area contributed by atoms with E-state index in [4.69, 9.17) is 9.26 Å². The highest BCUT2D eigenvalue weighted by Gasteiger charge is 2.12. The highest BCUT2D eigenvalue weighted by molar-refractivity contribution is 5.90. The largest absolute Gasteiger partial charge is 0.484 e. The lowest BCUT2D eigenvalue weighted by Crippen LogP contribution is -2.20. The molecular weight excluding hydrogens is 314 g/mol. The van der Waals surface area contributed by atoms with Gasteiger partial charge in [-0.2, -0.15) is 4.98 Å². The maximum Gasteiger partial charge on any atom is 0.270 e. The van der Waals surface area contributed by atoms with E-state index in [9.17, 15) is 4.79 Å². The van der Waals surface area contributed by atoms with Gasteiger partial charge >= 0.3 is 0 Å². The summed E-state index contributed by atoms with van der Waals surface area (Å²) in [6.45, 7) is 3.66. The smallest absolute Gasteiger partial charge is 0.270 e. The lowest BCUT2D eigenvalue weighted by atomic mass is 10.2. The number of aromatic nitrogens is 6. The standard InChI is InChI=1S/C14H15N7O3/c1-9(2)13-17-14(18-24-13)16-12(22)7-23-11-5-3-10(4-6-11)21-8-15-19-20-21/h3-6,8-9H,7H2,1-2H3,(H,16,18,22). The minimum Gasteiger partial charge on any atom is -0.484 e. The number of amides is 1. The molecule has 3 aromatic rings. The van der Waals surface area contributed by atoms with Crippen molar-refractivity contribution in [1.29, 1.82) is 0 Å². The van der Waals surface area contributed by atoms with E-state index in [0.717, 1.165) is 5.69 Å². The maximum absolute atomic E-state index is 11.8. The van der Waals surface area contributed by atoms with E-state index in [1.165, 1.54) is 11.0 Å². The van der Waals surface area contributed by atoms with Crippen molar-refractivity contribution in [3.05, 3.63) is 36.5 Å². The van der Waals surface area contributed by atoms with Crippen LogP contribution < -0.4 is 10.1 Å². The summed E-state index contributed by atoms with van der Waals surface area (Å²) in [7, 11) is 0. The topological polar surface area (TPSA) is 121 Å². The molecule has 0 fully saturated rings. The quantitative estimate of drug-likeness (QED) is 0.715. The number of anilines is 1. The summed E-state index contributed by atoms with van der Waals surface area (Å²) in [6, 6.07) is 6.99. The summed E-state index contributed by atoms with van der Waals surface area (Å²) >= 11 is 0. The zero-order valence-corrected chi connectivity index (χ0v) is 13.1. The molecule has 1 N–H and O–H groups in total. The Bertz CT molecular complexity index is 796. The first kappa shape index (κ1) is 15.6. The van der Waals surface area contributed by atoms with Crippen LogP contribution in [0.25, 0.3) is 5.69 Å². The molecule has 0 saturated carbocycles. The SMILES string of the molecule is CC(C)c1nc(NC(=O)COc2ccc(-n3cnnn3)cc2)no1. The van der Waals surface area contributed by atoms with Crippen molar-refractivity contribution in [1.82, 2.24) is 30.3 Å². The summed E-state index contributed by atoms with van der Waals surface area (Å²) in [5, 5.41) is 17.1. The number of carbonyl (C=O) groups is 1. The first-order valence-electron chi connectivity index (χ1n) is 7.21. The van der Waals surface area contributed by atoms with Crippen LogP contribution in [-0.4, -0.2) is 42.9 Å². The molecule has 0 atom stereocenters. The second-order valence-corrected chi connectivity index (χ2v) is 5.20. The van der Waals surface area contributed by atoms with Crippen LogP contribution in [0, 0.1) is 0 Å². The predicted octanol–water partition coefficient (Wildman–Crippen LogP) is 1.19. The molecule has 0 aliphatic heterocycles. The lowest BCUT2D eigenvalue weighted by Gasteiger charge is -2.06. The highest BCUT2D eigenvalue weighted by atomic mass is 16.5. The number of rotatable bonds is 6. The molecule has 10 nitrogen and oxygen atoms in total. The summed E-state index contributed by atoms with van der Waals surface area (Å²) in [5.41, 5.74) is 0.782. The van der Waals surface area contributed by atoms with Gasteiger partial charge in [0.2, 0.25) is 5.89 Å². The zero-order valence-electron chi connectivity index (χ0n) is 13.1. The van der Waals surface area contributed by atoms with Crippen LogP contribution in [0.2, 0.25) is 0 Å². The van der Waals surface area contributed by atoms with Crippen molar-refractivity contribution in [2.45, 2.75) is 19.8 Å². The molecule has 0 saturated heterocycles. The van der Waals surface area contributed by atoms with Crippen molar-refractivity contribution in [3.8, 4) is 11.4 Å². The number of nitrogens with one attached hydrogen (secondary N) is 1. The fourth-order valence-corrected chi connectivity index (χ4v) is 1.80. The van der Waals surface area contributed by atoms with Gasteiger partial charge in [-0.3, -0.25) is 10.1 Å². The van der Waals surface area contributed by atoms with Gasteiger partial charge in [0, 0.05) is 5.92 Å². The predicted molar refractivity (Wildman–Crippen MR) is 81.7 cm³/mol. The van der Waals surface area contributed by atoms with E-state index in [1.54, 1.807) is 24.3 Å². The van der Waals surface area contributed by atoms with Crippen molar-refractivity contribution < 1.29 is 14.1 Å². The summed E-state index contributed by atoms with van der Waals surface area (Å²) in [6.07, 6.45) is 1.49. The second kappa shape index (κ2) is 6.86. The number of nitrogens with zero attached hydrogens (tertiary/aromatic N) is 6. The van der Waals surface area contributed by atoms with Crippen LogP contribution in [0.5, 0.6) is 5.75 Å². The van der Waals surface area contributed by atoms with Crippen LogP contribution in [0.15, 0.2) is 35.1 Å². The fourth-order valence-electron chi connectivity index (χ4n) is 1.80. The molecule has 0 unspecified atom stereocenters. The number of ether oxygens (including phenoxy) is 1. The number of hydrogen-bond acceptors (Lipinski definition) is 8. The Morgan fingerprint density at radius 3 is 2.75 bits per heavy atom. The summed E-state index contributed by atoms with van der Waals surface area (Å²) in [4.78, 5) is 15.9. The molecule has 10 heteroatoms. The zero-order chi connectivity index (χ0) is 16.9. The molecule has 0 aliphatic carbocycles. The van der Waals surface area contributed by atoms with Crippen LogP contribution in [-0.2, 0) is 4.79 Å². The minimum atomic E-state index is -0.379. The minimum absolute atomic E-state index is 0.0955. The van der Waals surface area contributed by atoms with E-state index in [0.29, 0.717) is 11.6 Å². The Kier molecular flexibility index (Phi) is 4.45. The fraction of sp³-hybridized carbons (Fsp3) is 0.286. The third-order valence-corrected chi connectivity index (χ3v) is 3.01. The van der Waals surface area contributed by atoms with Gasteiger partial charge in [0.05, 0.1) is 5.69 Å². The van der Waals surface area contributed by atoms with Crippen LogP contribution >= 0.6 is 0 Å². The van der Waals surface area contributed by atoms with Crippen molar-refractivity contribution in [2.24, 2.45) is 0 Å². The normalized spacial score (nSPS) is 10.8. The van der Waals surface area contributed by atoms with Crippen molar-refractivity contribution in [3.63, 3.8) is 0 Å². The molecule has 0 bridgehead atoms. The second-order valence-electron chi connectivity index (χ2n) is 5.20. The molecule has 0 radical (unpaired) electrons. The first-order chi connectivity index (χ1) is 11.6. The van der Waals surface area contributed by atoms with Gasteiger partial charge in [0.1, 0.15) is 12.1 Å². The van der Waals surface area contributed by atoms with Crippen molar-refractivity contribution in [2.75, 3.05) is 11.9 Å². The number of hydrogen-bond donors (Lipinski definition) is 1. The van der Waals surface area contributed by atoms with Crippen LogP contribution in [0.4, 0.5) is 5.95 Å². The maximum atomic E-state index is 11.8. The van der Waals surface area contributed by atoms with Gasteiger partial charge in [-0.05, 0) is 39.8 Å². The van der Waals surface area contributed by atoms with E-state index in [2.05, 4.69) is 31.0 Å². The Labute approximate surface area is 136 Å². The molecule has 2 heterocycles. The van der Waals surface area contributed by atoms with E-state index < -0.39 is 0 Å². The number of tetrazole rings is 1. The Balaban J connectivity index is 1.52. The average Bonchev–Trinajstić information content (AvgIpc) is 3.25. The van der Waals surface area contributed by atoms with E-state index in [1.807, 2.05) is 13.8 Å². The number of benzene rings is 1. The molecule has 1 aromatic carbocycles. The average molecular weight is 329 g/mol. The van der Waals surface area contributed by atoms with Gasteiger partial charge in [-0.1, -0.05) is 13.8 Å². The Morgan fingerprint density at radius 2 is 2.12 bits per heavy atom. The number of carbonyl (C=O) groups excluding carboxylic acids is 1.